The van der Waals surface area contributed by atoms with Gasteiger partial charge in [0, 0.05) is 34.4 Å². The molecule has 0 radical (unpaired) electrons. The molecular weight excluding hydrogens is 456 g/mol. The molecule has 156 valence electrons. The maximum absolute atomic E-state index is 13.2. The lowest BCUT2D eigenvalue weighted by Gasteiger charge is -2.19. The molecule has 0 bridgehead atoms. The number of hydrogen-bond acceptors (Lipinski definition) is 4. The normalized spacial score (nSPS) is 12.2. The Morgan fingerprint density at radius 1 is 1.38 bits per heavy atom. The molecule has 0 saturated heterocycles. The number of carbonyl (C=O) groups excluding carboxylic acids is 1. The zero-order chi connectivity index (χ0) is 21.7. The van der Waals surface area contributed by atoms with Gasteiger partial charge in [-0.3, -0.25) is 9.59 Å². The van der Waals surface area contributed by atoms with E-state index in [9.17, 15) is 9.59 Å². The van der Waals surface area contributed by atoms with Crippen molar-refractivity contribution in [1.82, 2.24) is 9.88 Å². The average Bonchev–Trinajstić information content (AvgIpc) is 2.65. The largest absolute Gasteiger partial charge is 0.465 e. The van der Waals surface area contributed by atoms with Crippen LogP contribution in [0.5, 0.6) is 0 Å². The quantitative estimate of drug-likeness (QED) is 0.443. The van der Waals surface area contributed by atoms with Crippen LogP contribution in [0.4, 0.5) is 0 Å². The summed E-state index contributed by atoms with van der Waals surface area (Å²) in [5.74, 6) is -0.0945. The van der Waals surface area contributed by atoms with Crippen LogP contribution < -0.4 is 10.7 Å². The molecule has 5 nitrogen and oxygen atoms in total. The molecule has 1 aromatic carbocycles. The maximum Gasteiger partial charge on any atom is 0.325 e. The number of carbonyl (C=O) groups is 1. The molecule has 0 aliphatic carbocycles. The molecule has 0 unspecified atom stereocenters. The van der Waals surface area contributed by atoms with Crippen molar-refractivity contribution in [2.24, 2.45) is 0 Å². The molecular formula is C22H26BrClN2O3. The Labute approximate surface area is 184 Å². The third kappa shape index (κ3) is 5.31. The van der Waals surface area contributed by atoms with Crippen molar-refractivity contribution in [3.05, 3.63) is 61.0 Å². The van der Waals surface area contributed by atoms with E-state index in [0.717, 1.165) is 10.0 Å². The summed E-state index contributed by atoms with van der Waals surface area (Å²) < 4.78 is 7.85. The maximum atomic E-state index is 13.2. The van der Waals surface area contributed by atoms with Crippen LogP contribution >= 0.6 is 27.5 Å². The van der Waals surface area contributed by atoms with Gasteiger partial charge in [0.05, 0.1) is 17.2 Å². The molecule has 29 heavy (non-hydrogen) atoms. The Kier molecular flexibility index (Phi) is 8.11. The summed E-state index contributed by atoms with van der Waals surface area (Å²) in [7, 11) is 1.74. The predicted octanol–water partition coefficient (Wildman–Crippen LogP) is 5.07. The molecule has 7 heteroatoms. The van der Waals surface area contributed by atoms with Crippen LogP contribution in [0.1, 0.15) is 43.5 Å². The van der Waals surface area contributed by atoms with E-state index in [2.05, 4.69) is 35.1 Å². The lowest BCUT2D eigenvalue weighted by atomic mass is 9.99. The molecule has 0 atom stereocenters. The van der Waals surface area contributed by atoms with Gasteiger partial charge < -0.3 is 14.6 Å². The van der Waals surface area contributed by atoms with E-state index >= 15 is 0 Å². The highest BCUT2D eigenvalue weighted by Gasteiger charge is 2.18. The molecule has 0 spiro atoms. The Hall–Kier alpha value is -2.05. The number of esters is 1. The van der Waals surface area contributed by atoms with Crippen LogP contribution in [0.15, 0.2) is 38.7 Å². The molecule has 2 rings (SSSR count). The van der Waals surface area contributed by atoms with Crippen LogP contribution in [-0.4, -0.2) is 24.2 Å². The highest BCUT2D eigenvalue weighted by atomic mass is 79.9. The van der Waals surface area contributed by atoms with Crippen molar-refractivity contribution >= 4 is 50.5 Å². The van der Waals surface area contributed by atoms with Gasteiger partial charge in [0.2, 0.25) is 0 Å². The van der Waals surface area contributed by atoms with Crippen molar-refractivity contribution in [1.29, 1.82) is 0 Å². The first-order valence-electron chi connectivity index (χ1n) is 9.44. The van der Waals surface area contributed by atoms with E-state index in [1.807, 2.05) is 23.6 Å². The zero-order valence-corrected chi connectivity index (χ0v) is 19.6. The Balaban J connectivity index is 2.82. The highest BCUT2D eigenvalue weighted by Crippen LogP contribution is 2.30. The minimum absolute atomic E-state index is 0.0244. The summed E-state index contributed by atoms with van der Waals surface area (Å²) in [6.07, 6.45) is 4.95. The first-order valence-corrected chi connectivity index (χ1v) is 10.6. The number of benzene rings is 1. The summed E-state index contributed by atoms with van der Waals surface area (Å²) in [5.41, 5.74) is 2.82. The van der Waals surface area contributed by atoms with Gasteiger partial charge in [-0.15, -0.1) is 0 Å². The second-order valence-electron chi connectivity index (χ2n) is 6.92. The second kappa shape index (κ2) is 10.1. The van der Waals surface area contributed by atoms with Gasteiger partial charge in [0.1, 0.15) is 6.54 Å². The SMILES string of the molecule is CCOC(=O)Cn1c(C)c(/C=C\C(Cl)=C\NC)c(=O)c2cc(Br)c(C(C)C)cc21. The fourth-order valence-corrected chi connectivity index (χ4v) is 4.12. The van der Waals surface area contributed by atoms with E-state index in [4.69, 9.17) is 16.3 Å². The number of rotatable bonds is 7. The Bertz CT molecular complexity index is 1040. The van der Waals surface area contributed by atoms with Crippen LogP contribution in [-0.2, 0) is 16.1 Å². The van der Waals surface area contributed by atoms with Crippen molar-refractivity contribution in [3.63, 3.8) is 0 Å². The number of hydrogen-bond donors (Lipinski definition) is 1. The zero-order valence-electron chi connectivity index (χ0n) is 17.3. The monoisotopic (exact) mass is 480 g/mol. The number of halogens is 2. The summed E-state index contributed by atoms with van der Waals surface area (Å²) in [6.45, 7) is 8.09. The fraction of sp³-hybridized carbons (Fsp3) is 0.364. The van der Waals surface area contributed by atoms with E-state index in [1.54, 1.807) is 32.3 Å². The van der Waals surface area contributed by atoms with Crippen molar-refractivity contribution < 1.29 is 9.53 Å². The van der Waals surface area contributed by atoms with Gasteiger partial charge in [0.15, 0.2) is 5.43 Å². The van der Waals surface area contributed by atoms with Crippen LogP contribution in [0.25, 0.3) is 17.0 Å². The van der Waals surface area contributed by atoms with E-state index in [-0.39, 0.29) is 23.9 Å². The number of fused-ring (bicyclic) bond motifs is 1. The summed E-state index contributed by atoms with van der Waals surface area (Å²) in [5, 5.41) is 3.83. The summed E-state index contributed by atoms with van der Waals surface area (Å²) in [4.78, 5) is 25.5. The van der Waals surface area contributed by atoms with Crippen molar-refractivity contribution in [2.75, 3.05) is 13.7 Å². The lowest BCUT2D eigenvalue weighted by molar-refractivity contribution is -0.143. The average molecular weight is 482 g/mol. The first kappa shape index (κ1) is 23.2. The van der Waals surface area contributed by atoms with Crippen molar-refractivity contribution in [2.45, 2.75) is 40.2 Å². The Morgan fingerprint density at radius 3 is 2.66 bits per heavy atom. The highest BCUT2D eigenvalue weighted by molar-refractivity contribution is 9.10. The molecule has 1 N–H and O–H groups in total. The molecule has 0 aliphatic heterocycles. The van der Waals surface area contributed by atoms with Gasteiger partial charge in [-0.25, -0.2) is 0 Å². The third-order valence-corrected chi connectivity index (χ3v) is 5.52. The van der Waals surface area contributed by atoms with E-state index in [0.29, 0.717) is 33.8 Å². The van der Waals surface area contributed by atoms with Gasteiger partial charge in [0.25, 0.3) is 0 Å². The number of pyridine rings is 1. The fourth-order valence-electron chi connectivity index (χ4n) is 3.15. The number of aromatic nitrogens is 1. The molecule has 1 aromatic heterocycles. The van der Waals surface area contributed by atoms with Crippen molar-refractivity contribution in [3.8, 4) is 0 Å². The topological polar surface area (TPSA) is 60.3 Å². The molecule has 0 saturated carbocycles. The van der Waals surface area contributed by atoms with Gasteiger partial charge in [-0.1, -0.05) is 41.4 Å². The molecule has 0 aliphatic rings. The van der Waals surface area contributed by atoms with Gasteiger partial charge in [-0.05, 0) is 49.6 Å². The summed E-state index contributed by atoms with van der Waals surface area (Å²) >= 11 is 9.70. The molecule has 1 heterocycles. The van der Waals surface area contributed by atoms with E-state index in [1.165, 1.54) is 0 Å². The molecule has 2 aromatic rings. The molecule has 0 fully saturated rings. The number of nitrogens with one attached hydrogen (secondary N) is 1. The molecule has 0 amide bonds. The minimum Gasteiger partial charge on any atom is -0.465 e. The third-order valence-electron chi connectivity index (χ3n) is 4.60. The number of nitrogens with zero attached hydrogens (tertiary/aromatic N) is 1. The first-order chi connectivity index (χ1) is 13.7. The van der Waals surface area contributed by atoms with Gasteiger partial charge in [-0.2, -0.15) is 0 Å². The number of ether oxygens (including phenoxy) is 1. The minimum atomic E-state index is -0.349. The predicted molar refractivity (Wildman–Crippen MR) is 123 cm³/mol. The summed E-state index contributed by atoms with van der Waals surface area (Å²) in [6, 6.07) is 3.80. The van der Waals surface area contributed by atoms with Gasteiger partial charge >= 0.3 is 5.97 Å². The van der Waals surface area contributed by atoms with Crippen LogP contribution in [0.2, 0.25) is 0 Å². The van der Waals surface area contributed by atoms with E-state index < -0.39 is 0 Å². The van der Waals surface area contributed by atoms with Crippen LogP contribution in [0.3, 0.4) is 0 Å². The smallest absolute Gasteiger partial charge is 0.325 e. The van der Waals surface area contributed by atoms with Crippen LogP contribution in [0, 0.1) is 6.92 Å². The lowest BCUT2D eigenvalue weighted by Crippen LogP contribution is -2.22. The standard InChI is InChI=1S/C22H26BrClN2O3/c1-6-29-21(27)12-26-14(4)16(8-7-15(24)11-25-5)22(28)18-9-19(23)17(13(2)3)10-20(18)26/h7-11,13,25H,6,12H2,1-5H3/b8-7-,15-11-. The number of allylic oxidation sites excluding steroid dienone is 2. The Morgan fingerprint density at radius 2 is 2.07 bits per heavy atom. The second-order valence-corrected chi connectivity index (χ2v) is 8.21.